The lowest BCUT2D eigenvalue weighted by molar-refractivity contribution is -0.0511. The van der Waals surface area contributed by atoms with Gasteiger partial charge in [-0.25, -0.2) is 4.98 Å². The highest BCUT2D eigenvalue weighted by molar-refractivity contribution is 5.82. The van der Waals surface area contributed by atoms with Crippen molar-refractivity contribution in [3.05, 3.63) is 42.2 Å². The molecule has 1 aromatic carbocycles. The van der Waals surface area contributed by atoms with Gasteiger partial charge >= 0.3 is 6.01 Å². The summed E-state index contributed by atoms with van der Waals surface area (Å²) in [6.45, 7) is -0.0178. The number of nitrogens with two attached hydrogens (primary N) is 1. The topological polar surface area (TPSA) is 149 Å². The van der Waals surface area contributed by atoms with Gasteiger partial charge in [-0.15, -0.1) is 0 Å². The van der Waals surface area contributed by atoms with E-state index in [2.05, 4.69) is 27.1 Å². The number of fused-ring (bicyclic) bond motifs is 1. The van der Waals surface area contributed by atoms with Gasteiger partial charge in [-0.3, -0.25) is 4.57 Å². The molecule has 0 unspecified atom stereocenters. The average Bonchev–Trinajstić information content (AvgIpc) is 3.28. The number of rotatable bonds is 7. The second-order valence-electron chi connectivity index (χ2n) is 6.88. The summed E-state index contributed by atoms with van der Waals surface area (Å²) < 4.78 is 12.7. The van der Waals surface area contributed by atoms with Gasteiger partial charge in [0.05, 0.1) is 19.5 Å². The van der Waals surface area contributed by atoms with Crippen molar-refractivity contribution in [2.75, 3.05) is 18.9 Å². The van der Waals surface area contributed by atoms with Crippen LogP contribution in [0.4, 0.5) is 5.82 Å². The zero-order valence-electron chi connectivity index (χ0n) is 15.6. The average molecular weight is 401 g/mol. The van der Waals surface area contributed by atoms with Crippen LogP contribution in [0.5, 0.6) is 6.01 Å². The zero-order valence-corrected chi connectivity index (χ0v) is 15.6. The van der Waals surface area contributed by atoms with E-state index in [0.29, 0.717) is 17.8 Å². The molecule has 10 heteroatoms. The number of nitrogens with zero attached hydrogens (tertiary/aromatic N) is 4. The number of benzene rings is 1. The Labute approximate surface area is 166 Å². The SMILES string of the molecule is Nc1nc(OCCCc2ccccc2)nc2c1ncn2[C@H]1O[C@@H](CO)[C@H](O)[C@@H]1O. The van der Waals surface area contributed by atoms with Gasteiger partial charge in [-0.05, 0) is 18.4 Å². The van der Waals surface area contributed by atoms with Crippen molar-refractivity contribution in [1.82, 2.24) is 19.5 Å². The first-order valence-electron chi connectivity index (χ1n) is 9.37. The number of hydrogen-bond donors (Lipinski definition) is 4. The predicted octanol–water partition coefficient (Wildman–Crippen LogP) is 0.0316. The maximum absolute atomic E-state index is 10.3. The van der Waals surface area contributed by atoms with Crippen LogP contribution >= 0.6 is 0 Å². The van der Waals surface area contributed by atoms with Crippen molar-refractivity contribution in [2.24, 2.45) is 0 Å². The summed E-state index contributed by atoms with van der Waals surface area (Å²) in [7, 11) is 0. The van der Waals surface area contributed by atoms with Crippen molar-refractivity contribution < 1.29 is 24.8 Å². The summed E-state index contributed by atoms with van der Waals surface area (Å²) in [5.41, 5.74) is 7.84. The largest absolute Gasteiger partial charge is 0.463 e. The number of aliphatic hydroxyl groups excluding tert-OH is 3. The number of anilines is 1. The van der Waals surface area contributed by atoms with Crippen molar-refractivity contribution >= 4 is 17.0 Å². The molecule has 0 aliphatic carbocycles. The molecule has 1 saturated heterocycles. The molecule has 3 heterocycles. The van der Waals surface area contributed by atoms with Gasteiger partial charge in [-0.2, -0.15) is 9.97 Å². The van der Waals surface area contributed by atoms with Crippen LogP contribution in [0.1, 0.15) is 18.2 Å². The molecule has 0 saturated carbocycles. The second-order valence-corrected chi connectivity index (χ2v) is 6.88. The van der Waals surface area contributed by atoms with Gasteiger partial charge in [0.2, 0.25) is 0 Å². The summed E-state index contributed by atoms with van der Waals surface area (Å²) in [5.74, 6) is 0.138. The lowest BCUT2D eigenvalue weighted by Crippen LogP contribution is -2.33. The van der Waals surface area contributed by atoms with Crippen molar-refractivity contribution in [1.29, 1.82) is 0 Å². The Bertz CT molecular complexity index is 966. The molecule has 0 radical (unpaired) electrons. The third-order valence-electron chi connectivity index (χ3n) is 4.90. The van der Waals surface area contributed by atoms with Crippen molar-refractivity contribution in [3.8, 4) is 6.01 Å². The van der Waals surface area contributed by atoms with E-state index < -0.39 is 31.1 Å². The molecule has 0 amide bonds. The lowest BCUT2D eigenvalue weighted by Gasteiger charge is -2.16. The molecular formula is C19H23N5O5. The molecule has 3 aromatic rings. The Morgan fingerprint density at radius 2 is 1.93 bits per heavy atom. The summed E-state index contributed by atoms with van der Waals surface area (Å²) in [4.78, 5) is 12.6. The van der Waals surface area contributed by atoms with Crippen LogP contribution in [0.2, 0.25) is 0 Å². The minimum Gasteiger partial charge on any atom is -0.463 e. The predicted molar refractivity (Wildman–Crippen MR) is 103 cm³/mol. The zero-order chi connectivity index (χ0) is 20.4. The van der Waals surface area contributed by atoms with Crippen LogP contribution < -0.4 is 10.5 Å². The van der Waals surface area contributed by atoms with E-state index >= 15 is 0 Å². The van der Waals surface area contributed by atoms with Gasteiger partial charge in [0.1, 0.15) is 18.3 Å². The normalized spacial score (nSPS) is 24.2. The van der Waals surface area contributed by atoms with E-state index in [1.807, 2.05) is 18.2 Å². The number of imidazole rings is 1. The van der Waals surface area contributed by atoms with E-state index in [9.17, 15) is 15.3 Å². The Morgan fingerprint density at radius 3 is 2.66 bits per heavy atom. The summed E-state index contributed by atoms with van der Waals surface area (Å²) in [6, 6.07) is 10.2. The van der Waals surface area contributed by atoms with Gasteiger partial charge in [-0.1, -0.05) is 30.3 Å². The highest BCUT2D eigenvalue weighted by atomic mass is 16.6. The van der Waals surface area contributed by atoms with E-state index in [-0.39, 0.29) is 11.8 Å². The minimum atomic E-state index is -1.25. The smallest absolute Gasteiger partial charge is 0.320 e. The number of aryl methyl sites for hydroxylation is 1. The Balaban J connectivity index is 1.49. The van der Waals surface area contributed by atoms with Crippen LogP contribution in [-0.4, -0.2) is 66.4 Å². The van der Waals surface area contributed by atoms with Crippen LogP contribution in [0.25, 0.3) is 11.2 Å². The molecule has 4 rings (SSSR count). The Morgan fingerprint density at radius 1 is 1.14 bits per heavy atom. The van der Waals surface area contributed by atoms with Crippen molar-refractivity contribution in [2.45, 2.75) is 37.4 Å². The number of ether oxygens (including phenoxy) is 2. The number of hydrogen-bond acceptors (Lipinski definition) is 9. The first-order valence-corrected chi connectivity index (χ1v) is 9.37. The monoisotopic (exact) mass is 401 g/mol. The van der Waals surface area contributed by atoms with E-state index in [1.54, 1.807) is 0 Å². The quantitative estimate of drug-likeness (QED) is 0.402. The maximum Gasteiger partial charge on any atom is 0.320 e. The van der Waals surface area contributed by atoms with Gasteiger partial charge in [0.15, 0.2) is 23.2 Å². The number of nitrogen functional groups attached to an aromatic ring is 1. The molecule has 29 heavy (non-hydrogen) atoms. The fourth-order valence-corrected chi connectivity index (χ4v) is 3.36. The fourth-order valence-electron chi connectivity index (χ4n) is 3.36. The Hall–Kier alpha value is -2.79. The molecule has 154 valence electrons. The van der Waals surface area contributed by atoms with Gasteiger partial charge in [0.25, 0.3) is 0 Å². The standard InChI is InChI=1S/C19H23N5O5/c20-16-13-17(24(10-21-13)18-15(27)14(26)12(9-25)29-18)23-19(22-16)28-8-4-7-11-5-2-1-3-6-11/h1-3,5-6,10,12,14-15,18,25-27H,4,7-9H2,(H2,20,22,23)/t12-,14-,15-,18-/m0/s1. The first kappa shape index (κ1) is 19.5. The third kappa shape index (κ3) is 3.87. The lowest BCUT2D eigenvalue weighted by atomic mass is 10.1. The molecule has 10 nitrogen and oxygen atoms in total. The molecule has 5 N–H and O–H groups in total. The van der Waals surface area contributed by atoms with Crippen LogP contribution in [0, 0.1) is 0 Å². The molecule has 0 bridgehead atoms. The third-order valence-corrected chi connectivity index (χ3v) is 4.90. The fraction of sp³-hybridized carbons (Fsp3) is 0.421. The highest BCUT2D eigenvalue weighted by Crippen LogP contribution is 2.32. The second kappa shape index (κ2) is 8.29. The van der Waals surface area contributed by atoms with Gasteiger partial charge in [0, 0.05) is 0 Å². The van der Waals surface area contributed by atoms with E-state index in [0.717, 1.165) is 12.8 Å². The summed E-state index contributed by atoms with van der Waals surface area (Å²) >= 11 is 0. The summed E-state index contributed by atoms with van der Waals surface area (Å²) in [6.07, 6.45) is -1.31. The highest BCUT2D eigenvalue weighted by Gasteiger charge is 2.44. The van der Waals surface area contributed by atoms with Crippen molar-refractivity contribution in [3.63, 3.8) is 0 Å². The van der Waals surface area contributed by atoms with Crippen LogP contribution in [0.3, 0.4) is 0 Å². The van der Waals surface area contributed by atoms with Crippen LogP contribution in [0.15, 0.2) is 36.7 Å². The van der Waals surface area contributed by atoms with Crippen LogP contribution in [-0.2, 0) is 11.2 Å². The summed E-state index contributed by atoms with van der Waals surface area (Å²) in [5, 5.41) is 29.6. The molecule has 1 aliphatic rings. The van der Waals surface area contributed by atoms with E-state index in [1.165, 1.54) is 16.5 Å². The first-order chi connectivity index (χ1) is 14.1. The molecular weight excluding hydrogens is 378 g/mol. The molecule has 4 atom stereocenters. The molecule has 1 fully saturated rings. The number of aromatic nitrogens is 4. The Kier molecular flexibility index (Phi) is 5.58. The number of aliphatic hydroxyl groups is 3. The molecule has 0 spiro atoms. The van der Waals surface area contributed by atoms with Gasteiger partial charge < -0.3 is 30.5 Å². The van der Waals surface area contributed by atoms with E-state index in [4.69, 9.17) is 15.2 Å². The minimum absolute atomic E-state index is 0.0940. The molecule has 2 aromatic heterocycles. The molecule has 1 aliphatic heterocycles. The maximum atomic E-state index is 10.3.